The molecule has 0 unspecified atom stereocenters. The second kappa shape index (κ2) is 8.23. The molecular formula is C21H26N2O3S. The van der Waals surface area contributed by atoms with Crippen LogP contribution in [0, 0.1) is 0 Å². The maximum atomic E-state index is 12.7. The molecule has 0 spiro atoms. The van der Waals surface area contributed by atoms with Crippen LogP contribution in [0.3, 0.4) is 0 Å². The number of carbonyl (C=O) groups is 1. The molecule has 0 bridgehead atoms. The number of carbonyl (C=O) groups excluding carboxylic acids is 1. The fraction of sp³-hybridized carbons (Fsp3) is 0.381. The van der Waals surface area contributed by atoms with E-state index in [1.165, 1.54) is 22.0 Å². The first-order chi connectivity index (χ1) is 12.9. The number of sulfonamides is 1. The van der Waals surface area contributed by atoms with Gasteiger partial charge in [-0.2, -0.15) is 4.31 Å². The van der Waals surface area contributed by atoms with Crippen LogP contribution >= 0.6 is 0 Å². The second-order valence-electron chi connectivity index (χ2n) is 7.22. The summed E-state index contributed by atoms with van der Waals surface area (Å²) in [7, 11) is -3.47. The predicted molar refractivity (Wildman–Crippen MR) is 108 cm³/mol. The molecule has 1 heterocycles. The third-order valence-corrected chi connectivity index (χ3v) is 6.82. The third-order valence-electron chi connectivity index (χ3n) is 4.90. The van der Waals surface area contributed by atoms with E-state index < -0.39 is 10.0 Å². The summed E-state index contributed by atoms with van der Waals surface area (Å²) < 4.78 is 26.9. The monoisotopic (exact) mass is 386 g/mol. The van der Waals surface area contributed by atoms with Gasteiger partial charge in [-0.3, -0.25) is 4.79 Å². The number of amides is 1. The molecule has 1 aliphatic rings. The summed E-state index contributed by atoms with van der Waals surface area (Å²) in [6.07, 6.45) is 2.87. The van der Waals surface area contributed by atoms with E-state index in [-0.39, 0.29) is 10.8 Å². The maximum Gasteiger partial charge on any atom is 0.255 e. The average molecular weight is 387 g/mol. The fourth-order valence-corrected chi connectivity index (χ4v) is 4.70. The van der Waals surface area contributed by atoms with E-state index in [9.17, 15) is 13.2 Å². The third kappa shape index (κ3) is 4.57. The lowest BCUT2D eigenvalue weighted by Crippen LogP contribution is -2.35. The summed E-state index contributed by atoms with van der Waals surface area (Å²) in [4.78, 5) is 12.7. The smallest absolute Gasteiger partial charge is 0.255 e. The fourth-order valence-electron chi connectivity index (χ4n) is 3.19. The van der Waals surface area contributed by atoms with Gasteiger partial charge in [0.1, 0.15) is 0 Å². The molecule has 2 aromatic carbocycles. The van der Waals surface area contributed by atoms with Gasteiger partial charge in [0.25, 0.3) is 5.91 Å². The molecule has 1 saturated heterocycles. The van der Waals surface area contributed by atoms with Crippen LogP contribution in [0.2, 0.25) is 0 Å². The van der Waals surface area contributed by atoms with E-state index in [0.29, 0.717) is 24.6 Å². The standard InChI is InChI=1S/C21H26N2O3S/c1-16(2)17-6-10-19(11-7-17)22-21(24)18-8-12-20(13-9-18)27(25,26)23-14-4-3-5-15-23/h6-13,16H,3-5,14-15H2,1-2H3,(H,22,24). The second-order valence-corrected chi connectivity index (χ2v) is 9.16. The molecule has 3 rings (SSSR count). The van der Waals surface area contributed by atoms with Crippen LogP contribution in [0.15, 0.2) is 53.4 Å². The Morgan fingerprint density at radius 3 is 2.07 bits per heavy atom. The highest BCUT2D eigenvalue weighted by atomic mass is 32.2. The molecule has 1 aliphatic heterocycles. The summed E-state index contributed by atoms with van der Waals surface area (Å²) in [5.74, 6) is 0.179. The van der Waals surface area contributed by atoms with Crippen LogP contribution in [-0.2, 0) is 10.0 Å². The first-order valence-corrected chi connectivity index (χ1v) is 10.8. The van der Waals surface area contributed by atoms with Crippen molar-refractivity contribution < 1.29 is 13.2 Å². The van der Waals surface area contributed by atoms with Crippen LogP contribution < -0.4 is 5.32 Å². The van der Waals surface area contributed by atoms with Gasteiger partial charge >= 0.3 is 0 Å². The molecular weight excluding hydrogens is 360 g/mol. The molecule has 1 N–H and O–H groups in total. The molecule has 0 atom stereocenters. The van der Waals surface area contributed by atoms with Crippen LogP contribution in [0.25, 0.3) is 0 Å². The largest absolute Gasteiger partial charge is 0.322 e. The molecule has 1 fully saturated rings. The minimum absolute atomic E-state index is 0.238. The van der Waals surface area contributed by atoms with E-state index in [2.05, 4.69) is 19.2 Å². The van der Waals surface area contributed by atoms with Gasteiger partial charge in [0.15, 0.2) is 0 Å². The normalized spacial score (nSPS) is 15.7. The van der Waals surface area contributed by atoms with Crippen LogP contribution in [0.4, 0.5) is 5.69 Å². The van der Waals surface area contributed by atoms with E-state index in [1.807, 2.05) is 24.3 Å². The molecule has 0 aromatic heterocycles. The van der Waals surface area contributed by atoms with Crippen molar-refractivity contribution in [1.82, 2.24) is 4.31 Å². The van der Waals surface area contributed by atoms with E-state index in [0.717, 1.165) is 24.9 Å². The highest BCUT2D eigenvalue weighted by molar-refractivity contribution is 7.89. The van der Waals surface area contributed by atoms with Crippen LogP contribution in [-0.4, -0.2) is 31.7 Å². The Bertz CT molecular complexity index is 882. The summed E-state index contributed by atoms with van der Waals surface area (Å²) in [6, 6.07) is 13.9. The maximum absolute atomic E-state index is 12.7. The molecule has 6 heteroatoms. The highest BCUT2D eigenvalue weighted by Crippen LogP contribution is 2.22. The minimum atomic E-state index is -3.47. The lowest BCUT2D eigenvalue weighted by Gasteiger charge is -2.25. The zero-order valence-electron chi connectivity index (χ0n) is 15.8. The minimum Gasteiger partial charge on any atom is -0.322 e. The quantitative estimate of drug-likeness (QED) is 0.836. The Morgan fingerprint density at radius 2 is 1.52 bits per heavy atom. The van der Waals surface area contributed by atoms with Gasteiger partial charge < -0.3 is 5.32 Å². The molecule has 0 aliphatic carbocycles. The molecule has 0 radical (unpaired) electrons. The summed E-state index contributed by atoms with van der Waals surface area (Å²) in [6.45, 7) is 5.37. The van der Waals surface area contributed by atoms with E-state index in [1.54, 1.807) is 12.1 Å². The number of hydrogen-bond acceptors (Lipinski definition) is 3. The van der Waals surface area contributed by atoms with Crippen molar-refractivity contribution in [3.05, 3.63) is 59.7 Å². The molecule has 2 aromatic rings. The van der Waals surface area contributed by atoms with E-state index >= 15 is 0 Å². The lowest BCUT2D eigenvalue weighted by molar-refractivity contribution is 0.102. The van der Waals surface area contributed by atoms with Gasteiger partial charge in [-0.05, 0) is 60.7 Å². The first kappa shape index (κ1) is 19.6. The SMILES string of the molecule is CC(C)c1ccc(NC(=O)c2ccc(S(=O)(=O)N3CCCCC3)cc2)cc1. The van der Waals surface area contributed by atoms with Crippen molar-refractivity contribution in [2.45, 2.75) is 43.9 Å². The number of nitrogens with one attached hydrogen (secondary N) is 1. The molecule has 1 amide bonds. The summed E-state index contributed by atoms with van der Waals surface area (Å²) in [5, 5.41) is 2.85. The zero-order valence-corrected chi connectivity index (χ0v) is 16.6. The number of anilines is 1. The predicted octanol–water partition coefficient (Wildman–Crippen LogP) is 4.24. The van der Waals surface area contributed by atoms with Crippen molar-refractivity contribution >= 4 is 21.6 Å². The van der Waals surface area contributed by atoms with Gasteiger partial charge in [-0.1, -0.05) is 32.4 Å². The Morgan fingerprint density at radius 1 is 0.926 bits per heavy atom. The van der Waals surface area contributed by atoms with Gasteiger partial charge in [-0.15, -0.1) is 0 Å². The molecule has 27 heavy (non-hydrogen) atoms. The van der Waals surface area contributed by atoms with Gasteiger partial charge in [0.05, 0.1) is 4.90 Å². The summed E-state index contributed by atoms with van der Waals surface area (Å²) in [5.41, 5.74) is 2.36. The number of rotatable bonds is 5. The first-order valence-electron chi connectivity index (χ1n) is 9.39. The zero-order chi connectivity index (χ0) is 19.4. The molecule has 0 saturated carbocycles. The number of nitrogens with zero attached hydrogens (tertiary/aromatic N) is 1. The Balaban J connectivity index is 1.70. The van der Waals surface area contributed by atoms with Crippen molar-refractivity contribution in [2.75, 3.05) is 18.4 Å². The number of piperidine rings is 1. The van der Waals surface area contributed by atoms with Crippen molar-refractivity contribution in [1.29, 1.82) is 0 Å². The van der Waals surface area contributed by atoms with Gasteiger partial charge in [0, 0.05) is 24.3 Å². The number of benzene rings is 2. The van der Waals surface area contributed by atoms with Crippen LogP contribution in [0.5, 0.6) is 0 Å². The Labute approximate surface area is 161 Å². The van der Waals surface area contributed by atoms with Crippen molar-refractivity contribution in [3.63, 3.8) is 0 Å². The molecule has 144 valence electrons. The highest BCUT2D eigenvalue weighted by Gasteiger charge is 2.25. The average Bonchev–Trinajstić information content (AvgIpc) is 2.69. The van der Waals surface area contributed by atoms with Gasteiger partial charge in [0.2, 0.25) is 10.0 Å². The van der Waals surface area contributed by atoms with Crippen molar-refractivity contribution in [2.24, 2.45) is 0 Å². The summed E-state index contributed by atoms with van der Waals surface area (Å²) >= 11 is 0. The lowest BCUT2D eigenvalue weighted by atomic mass is 10.0. The number of hydrogen-bond donors (Lipinski definition) is 1. The van der Waals surface area contributed by atoms with Crippen LogP contribution in [0.1, 0.15) is 54.9 Å². The Hall–Kier alpha value is -2.18. The molecule has 5 nitrogen and oxygen atoms in total. The Kier molecular flexibility index (Phi) is 5.97. The van der Waals surface area contributed by atoms with Gasteiger partial charge in [-0.25, -0.2) is 8.42 Å². The van der Waals surface area contributed by atoms with Crippen molar-refractivity contribution in [3.8, 4) is 0 Å². The van der Waals surface area contributed by atoms with E-state index in [4.69, 9.17) is 0 Å². The topological polar surface area (TPSA) is 66.5 Å².